The van der Waals surface area contributed by atoms with Gasteiger partial charge in [0.1, 0.15) is 11.6 Å². The minimum absolute atomic E-state index is 0.0202. The number of amides is 1. The molecule has 7 heteroatoms. The highest BCUT2D eigenvalue weighted by Crippen LogP contribution is 2.27. The number of para-hydroxylation sites is 2. The summed E-state index contributed by atoms with van der Waals surface area (Å²) in [6, 6.07) is 12.1. The van der Waals surface area contributed by atoms with Gasteiger partial charge >= 0.3 is 6.09 Å². The van der Waals surface area contributed by atoms with Gasteiger partial charge in [-0.05, 0) is 37.1 Å². The molecular formula is C19H21N5O2. The van der Waals surface area contributed by atoms with Crippen molar-refractivity contribution in [1.29, 1.82) is 0 Å². The zero-order valence-corrected chi connectivity index (χ0v) is 14.6. The molecule has 1 aliphatic rings. The van der Waals surface area contributed by atoms with Gasteiger partial charge in [-0.25, -0.2) is 14.8 Å². The van der Waals surface area contributed by atoms with Crippen LogP contribution in [0, 0.1) is 0 Å². The van der Waals surface area contributed by atoms with E-state index in [4.69, 9.17) is 10.1 Å². The number of carboxylic acid groups (broad SMARTS) is 1. The van der Waals surface area contributed by atoms with Gasteiger partial charge in [0.15, 0.2) is 0 Å². The number of carbonyl (C=O) groups is 1. The minimum atomic E-state index is -0.953. The van der Waals surface area contributed by atoms with E-state index in [-0.39, 0.29) is 6.04 Å². The third-order valence-electron chi connectivity index (χ3n) is 4.94. The summed E-state index contributed by atoms with van der Waals surface area (Å²) < 4.78 is 2.09. The van der Waals surface area contributed by atoms with Crippen molar-refractivity contribution in [1.82, 2.24) is 19.9 Å². The van der Waals surface area contributed by atoms with Gasteiger partial charge in [-0.3, -0.25) is 0 Å². The normalized spacial score (nSPS) is 15.3. The zero-order valence-electron chi connectivity index (χ0n) is 14.6. The lowest BCUT2D eigenvalue weighted by Crippen LogP contribution is -2.44. The number of imidazole rings is 1. The summed E-state index contributed by atoms with van der Waals surface area (Å²) in [7, 11) is 2.02. The van der Waals surface area contributed by atoms with Gasteiger partial charge in [-0.1, -0.05) is 12.1 Å². The van der Waals surface area contributed by atoms with Crippen molar-refractivity contribution in [3.05, 3.63) is 42.6 Å². The molecule has 3 aromatic rings. The quantitative estimate of drug-likeness (QED) is 0.758. The van der Waals surface area contributed by atoms with Crippen LogP contribution in [0.1, 0.15) is 12.8 Å². The highest BCUT2D eigenvalue weighted by atomic mass is 16.4. The van der Waals surface area contributed by atoms with Crippen LogP contribution < -0.4 is 10.2 Å². The van der Waals surface area contributed by atoms with Crippen molar-refractivity contribution in [2.24, 2.45) is 7.05 Å². The molecule has 26 heavy (non-hydrogen) atoms. The van der Waals surface area contributed by atoms with E-state index in [0.717, 1.165) is 54.2 Å². The number of benzene rings is 1. The minimum Gasteiger partial charge on any atom is -0.465 e. The van der Waals surface area contributed by atoms with E-state index in [2.05, 4.69) is 31.9 Å². The largest absolute Gasteiger partial charge is 0.465 e. The first kappa shape index (κ1) is 16.4. The number of anilines is 1. The molecule has 0 saturated carbocycles. The molecule has 3 heterocycles. The molecular weight excluding hydrogens is 330 g/mol. The van der Waals surface area contributed by atoms with Crippen LogP contribution in [-0.2, 0) is 7.05 Å². The lowest BCUT2D eigenvalue weighted by Gasteiger charge is -2.32. The summed E-state index contributed by atoms with van der Waals surface area (Å²) in [6.07, 6.45) is 2.42. The smallest absolute Gasteiger partial charge is 0.404 e. The fraction of sp³-hybridized carbons (Fsp3) is 0.316. The Morgan fingerprint density at radius 2 is 2.00 bits per heavy atom. The van der Waals surface area contributed by atoms with E-state index < -0.39 is 6.09 Å². The Morgan fingerprint density at radius 1 is 1.23 bits per heavy atom. The predicted octanol–water partition coefficient (Wildman–Crippen LogP) is 2.87. The van der Waals surface area contributed by atoms with E-state index >= 15 is 0 Å². The summed E-state index contributed by atoms with van der Waals surface area (Å²) in [5.41, 5.74) is 3.10. The fourth-order valence-corrected chi connectivity index (χ4v) is 3.56. The predicted molar refractivity (Wildman–Crippen MR) is 100 cm³/mol. The number of nitrogens with one attached hydrogen (secondary N) is 1. The van der Waals surface area contributed by atoms with Gasteiger partial charge in [0.05, 0.1) is 11.0 Å². The first-order valence-corrected chi connectivity index (χ1v) is 8.74. The first-order chi connectivity index (χ1) is 12.6. The van der Waals surface area contributed by atoms with E-state index in [1.165, 1.54) is 0 Å². The topological polar surface area (TPSA) is 83.3 Å². The average molecular weight is 351 g/mol. The van der Waals surface area contributed by atoms with Gasteiger partial charge < -0.3 is 19.9 Å². The highest BCUT2D eigenvalue weighted by molar-refractivity contribution is 5.80. The second-order valence-electron chi connectivity index (χ2n) is 6.60. The Balaban J connectivity index is 1.57. The SMILES string of the molecule is Cn1c(-c2ccnc(N3CCC(NC(=O)O)CC3)c2)nc2ccccc21. The van der Waals surface area contributed by atoms with Crippen molar-refractivity contribution in [2.75, 3.05) is 18.0 Å². The number of nitrogens with zero attached hydrogens (tertiary/aromatic N) is 4. The van der Waals surface area contributed by atoms with Gasteiger partial charge in [0.25, 0.3) is 0 Å². The van der Waals surface area contributed by atoms with E-state index in [1.807, 2.05) is 37.5 Å². The third kappa shape index (κ3) is 3.08. The fourth-order valence-electron chi connectivity index (χ4n) is 3.56. The molecule has 0 bridgehead atoms. The number of fused-ring (bicyclic) bond motifs is 1. The molecule has 1 amide bonds. The maximum Gasteiger partial charge on any atom is 0.404 e. The molecule has 134 valence electrons. The second-order valence-corrected chi connectivity index (χ2v) is 6.60. The van der Waals surface area contributed by atoms with E-state index in [1.54, 1.807) is 0 Å². The van der Waals surface area contributed by atoms with Crippen LogP contribution in [0.2, 0.25) is 0 Å². The molecule has 1 aliphatic heterocycles. The third-order valence-corrected chi connectivity index (χ3v) is 4.94. The molecule has 0 spiro atoms. The van der Waals surface area contributed by atoms with E-state index in [0.29, 0.717) is 0 Å². The number of hydrogen-bond donors (Lipinski definition) is 2. The Labute approximate surface area is 151 Å². The van der Waals surface area contributed by atoms with Gasteiger partial charge in [0.2, 0.25) is 0 Å². The highest BCUT2D eigenvalue weighted by Gasteiger charge is 2.22. The number of aromatic nitrogens is 3. The van der Waals surface area contributed by atoms with Crippen molar-refractivity contribution >= 4 is 22.9 Å². The molecule has 0 atom stereocenters. The number of pyridine rings is 1. The van der Waals surface area contributed by atoms with Crippen LogP contribution in [-0.4, -0.2) is 44.9 Å². The number of rotatable bonds is 3. The Kier molecular flexibility index (Phi) is 4.20. The average Bonchev–Trinajstić information content (AvgIpc) is 2.99. The summed E-state index contributed by atoms with van der Waals surface area (Å²) in [4.78, 5) is 22.2. The van der Waals surface area contributed by atoms with Crippen molar-refractivity contribution in [2.45, 2.75) is 18.9 Å². The molecule has 4 rings (SSSR count). The van der Waals surface area contributed by atoms with Crippen LogP contribution in [0.4, 0.5) is 10.6 Å². The molecule has 2 N–H and O–H groups in total. The first-order valence-electron chi connectivity index (χ1n) is 8.74. The van der Waals surface area contributed by atoms with Crippen molar-refractivity contribution in [3.8, 4) is 11.4 Å². The second kappa shape index (κ2) is 6.67. The van der Waals surface area contributed by atoms with Crippen LogP contribution in [0.3, 0.4) is 0 Å². The Bertz CT molecular complexity index is 944. The number of aryl methyl sites for hydroxylation is 1. The molecule has 0 unspecified atom stereocenters. The summed E-state index contributed by atoms with van der Waals surface area (Å²) >= 11 is 0. The summed E-state index contributed by atoms with van der Waals surface area (Å²) in [5.74, 6) is 1.82. The van der Waals surface area contributed by atoms with Crippen molar-refractivity contribution in [3.63, 3.8) is 0 Å². The molecule has 0 aliphatic carbocycles. The lowest BCUT2D eigenvalue weighted by molar-refractivity contribution is 0.187. The maximum atomic E-state index is 10.8. The summed E-state index contributed by atoms with van der Waals surface area (Å²) in [6.45, 7) is 1.56. The maximum absolute atomic E-state index is 10.8. The zero-order chi connectivity index (χ0) is 18.1. The number of hydrogen-bond acceptors (Lipinski definition) is 4. The van der Waals surface area contributed by atoms with Crippen LogP contribution in [0.25, 0.3) is 22.4 Å². The molecule has 2 aromatic heterocycles. The Hall–Kier alpha value is -3.09. The van der Waals surface area contributed by atoms with Gasteiger partial charge in [-0.15, -0.1) is 0 Å². The molecule has 1 saturated heterocycles. The standard InChI is InChI=1S/C19H21N5O2/c1-23-16-5-3-2-4-15(16)22-18(23)13-6-9-20-17(12-13)24-10-7-14(8-11-24)21-19(25)26/h2-6,9,12,14,21H,7-8,10-11H2,1H3,(H,25,26). The monoisotopic (exact) mass is 351 g/mol. The lowest BCUT2D eigenvalue weighted by atomic mass is 10.1. The van der Waals surface area contributed by atoms with Gasteiger partial charge in [-0.2, -0.15) is 0 Å². The molecule has 0 radical (unpaired) electrons. The van der Waals surface area contributed by atoms with Crippen LogP contribution >= 0.6 is 0 Å². The molecule has 7 nitrogen and oxygen atoms in total. The molecule has 1 fully saturated rings. The van der Waals surface area contributed by atoms with Crippen LogP contribution in [0.15, 0.2) is 42.6 Å². The van der Waals surface area contributed by atoms with Crippen molar-refractivity contribution < 1.29 is 9.90 Å². The van der Waals surface area contributed by atoms with E-state index in [9.17, 15) is 4.79 Å². The summed E-state index contributed by atoms with van der Waals surface area (Å²) in [5, 5.41) is 11.4. The van der Waals surface area contributed by atoms with Crippen LogP contribution in [0.5, 0.6) is 0 Å². The number of piperidine rings is 1. The Morgan fingerprint density at radius 3 is 2.73 bits per heavy atom. The molecule has 1 aromatic carbocycles. The van der Waals surface area contributed by atoms with Gasteiger partial charge in [0, 0.05) is 37.9 Å².